The average molecular weight is 277 g/mol. The van der Waals surface area contributed by atoms with E-state index in [4.69, 9.17) is 0 Å². The van der Waals surface area contributed by atoms with E-state index < -0.39 is 0 Å². The largest absolute Gasteiger partial charge is 0.307 e. The lowest BCUT2D eigenvalue weighted by atomic mass is 9.99. The maximum Gasteiger partial charge on any atom is 0.0341 e. The van der Waals surface area contributed by atoms with E-state index in [1.165, 1.54) is 54.7 Å². The first kappa shape index (κ1) is 14.9. The zero-order valence-electron chi connectivity index (χ0n) is 12.3. The second-order valence-electron chi connectivity index (χ2n) is 5.52. The summed E-state index contributed by atoms with van der Waals surface area (Å²) in [6, 6.07) is 10.2. The lowest BCUT2D eigenvalue weighted by Gasteiger charge is -2.30. The van der Waals surface area contributed by atoms with Crippen molar-refractivity contribution in [2.45, 2.75) is 69.4 Å². The molecule has 19 heavy (non-hydrogen) atoms. The maximum absolute atomic E-state index is 3.93. The number of fused-ring (bicyclic) bond motifs is 1. The molecule has 1 aromatic rings. The molecule has 0 aromatic heterocycles. The van der Waals surface area contributed by atoms with Crippen molar-refractivity contribution in [1.29, 1.82) is 0 Å². The minimum absolute atomic E-state index is 0.575. The van der Waals surface area contributed by atoms with E-state index >= 15 is 0 Å². The highest BCUT2D eigenvalue weighted by Crippen LogP contribution is 2.36. The molecule has 0 saturated carbocycles. The van der Waals surface area contributed by atoms with Crippen LogP contribution in [-0.2, 0) is 0 Å². The number of rotatable bonds is 7. The summed E-state index contributed by atoms with van der Waals surface area (Å²) in [6.07, 6.45) is 7.85. The minimum Gasteiger partial charge on any atom is -0.307 e. The molecule has 0 fully saturated rings. The Labute approximate surface area is 122 Å². The molecular formula is C17H27NS. The number of thioether (sulfide) groups is 1. The molecule has 1 aliphatic heterocycles. The lowest BCUT2D eigenvalue weighted by Crippen LogP contribution is -2.34. The van der Waals surface area contributed by atoms with Gasteiger partial charge in [0.1, 0.15) is 0 Å². The Balaban J connectivity index is 2.01. The SMILES string of the molecule is CCCCC(CCC)NC1CCSc2ccccc21. The normalized spacial score (nSPS) is 20.0. The fourth-order valence-corrected chi connectivity index (χ4v) is 4.03. The van der Waals surface area contributed by atoms with Crippen molar-refractivity contribution >= 4 is 11.8 Å². The fourth-order valence-electron chi connectivity index (χ4n) is 2.91. The molecule has 1 aromatic carbocycles. The van der Waals surface area contributed by atoms with Gasteiger partial charge in [-0.3, -0.25) is 0 Å². The molecule has 0 spiro atoms. The molecule has 0 aliphatic carbocycles. The molecule has 1 nitrogen and oxygen atoms in total. The summed E-state index contributed by atoms with van der Waals surface area (Å²) in [7, 11) is 0. The highest BCUT2D eigenvalue weighted by Gasteiger charge is 2.22. The molecule has 2 rings (SSSR count). The molecule has 106 valence electrons. The third-order valence-electron chi connectivity index (χ3n) is 3.94. The topological polar surface area (TPSA) is 12.0 Å². The van der Waals surface area contributed by atoms with Crippen molar-refractivity contribution in [3.05, 3.63) is 29.8 Å². The first-order chi connectivity index (χ1) is 9.35. The molecule has 0 amide bonds. The molecule has 0 saturated heterocycles. The molecule has 1 aliphatic rings. The molecule has 2 atom stereocenters. The zero-order valence-corrected chi connectivity index (χ0v) is 13.1. The van der Waals surface area contributed by atoms with E-state index in [9.17, 15) is 0 Å². The Morgan fingerprint density at radius 3 is 2.84 bits per heavy atom. The van der Waals surface area contributed by atoms with Gasteiger partial charge in [0, 0.05) is 17.0 Å². The van der Waals surface area contributed by atoms with Crippen LogP contribution in [0.4, 0.5) is 0 Å². The van der Waals surface area contributed by atoms with Gasteiger partial charge in [-0.05, 0) is 36.6 Å². The Bertz CT molecular complexity index is 377. The lowest BCUT2D eigenvalue weighted by molar-refractivity contribution is 0.374. The van der Waals surface area contributed by atoms with Gasteiger partial charge >= 0.3 is 0 Å². The van der Waals surface area contributed by atoms with Gasteiger partial charge in [-0.1, -0.05) is 51.3 Å². The Kier molecular flexibility index (Phi) is 6.25. The van der Waals surface area contributed by atoms with Crippen molar-refractivity contribution in [3.63, 3.8) is 0 Å². The predicted molar refractivity (Wildman–Crippen MR) is 85.9 cm³/mol. The first-order valence-electron chi connectivity index (χ1n) is 7.83. The van der Waals surface area contributed by atoms with Crippen LogP contribution in [0.2, 0.25) is 0 Å². The van der Waals surface area contributed by atoms with Crippen molar-refractivity contribution in [2.24, 2.45) is 0 Å². The maximum atomic E-state index is 3.93. The van der Waals surface area contributed by atoms with Gasteiger partial charge in [0.15, 0.2) is 0 Å². The summed E-state index contributed by atoms with van der Waals surface area (Å²) in [6.45, 7) is 4.58. The van der Waals surface area contributed by atoms with E-state index in [-0.39, 0.29) is 0 Å². The van der Waals surface area contributed by atoms with Crippen LogP contribution in [0.25, 0.3) is 0 Å². The van der Waals surface area contributed by atoms with Crippen molar-refractivity contribution < 1.29 is 0 Å². The summed E-state index contributed by atoms with van der Waals surface area (Å²) in [5, 5.41) is 3.93. The number of nitrogens with one attached hydrogen (secondary N) is 1. The third kappa shape index (κ3) is 4.25. The van der Waals surface area contributed by atoms with Gasteiger partial charge in [-0.25, -0.2) is 0 Å². The van der Waals surface area contributed by atoms with E-state index in [1.54, 1.807) is 0 Å². The highest BCUT2D eigenvalue weighted by atomic mass is 32.2. The Hall–Kier alpha value is -0.470. The van der Waals surface area contributed by atoms with Gasteiger partial charge in [0.2, 0.25) is 0 Å². The average Bonchev–Trinajstić information content (AvgIpc) is 2.45. The smallest absolute Gasteiger partial charge is 0.0341 e. The monoisotopic (exact) mass is 277 g/mol. The summed E-state index contributed by atoms with van der Waals surface area (Å²) in [4.78, 5) is 1.48. The van der Waals surface area contributed by atoms with Gasteiger partial charge in [0.25, 0.3) is 0 Å². The molecule has 2 unspecified atom stereocenters. The molecule has 1 heterocycles. The fraction of sp³-hybridized carbons (Fsp3) is 0.647. The number of unbranched alkanes of at least 4 members (excludes halogenated alkanes) is 1. The van der Waals surface area contributed by atoms with E-state index in [2.05, 4.69) is 43.4 Å². The highest BCUT2D eigenvalue weighted by molar-refractivity contribution is 7.99. The van der Waals surface area contributed by atoms with Gasteiger partial charge in [-0.15, -0.1) is 11.8 Å². The number of benzene rings is 1. The number of hydrogen-bond donors (Lipinski definition) is 1. The third-order valence-corrected chi connectivity index (χ3v) is 5.06. The van der Waals surface area contributed by atoms with Crippen LogP contribution in [0.15, 0.2) is 29.2 Å². The second kappa shape index (κ2) is 7.96. The van der Waals surface area contributed by atoms with Crippen LogP contribution in [0.1, 0.15) is 64.0 Å². The van der Waals surface area contributed by atoms with Crippen LogP contribution in [-0.4, -0.2) is 11.8 Å². The quantitative estimate of drug-likeness (QED) is 0.737. The standard InChI is InChI=1S/C17H27NS/c1-3-5-9-14(8-4-2)18-16-12-13-19-17-11-7-6-10-15(16)17/h6-7,10-11,14,16,18H,3-5,8-9,12-13H2,1-2H3. The van der Waals surface area contributed by atoms with Gasteiger partial charge in [0.05, 0.1) is 0 Å². The van der Waals surface area contributed by atoms with Crippen LogP contribution >= 0.6 is 11.8 Å². The Morgan fingerprint density at radius 2 is 2.05 bits per heavy atom. The second-order valence-corrected chi connectivity index (χ2v) is 6.66. The molecule has 0 bridgehead atoms. The molecular weight excluding hydrogens is 250 g/mol. The van der Waals surface area contributed by atoms with Gasteiger partial charge < -0.3 is 5.32 Å². The van der Waals surface area contributed by atoms with E-state index in [0.29, 0.717) is 12.1 Å². The van der Waals surface area contributed by atoms with E-state index in [1.807, 2.05) is 11.8 Å². The van der Waals surface area contributed by atoms with Crippen LogP contribution < -0.4 is 5.32 Å². The van der Waals surface area contributed by atoms with Crippen molar-refractivity contribution in [3.8, 4) is 0 Å². The molecule has 2 heteroatoms. The molecule has 0 radical (unpaired) electrons. The van der Waals surface area contributed by atoms with Crippen molar-refractivity contribution in [1.82, 2.24) is 5.32 Å². The van der Waals surface area contributed by atoms with Crippen LogP contribution in [0.5, 0.6) is 0 Å². The number of hydrogen-bond acceptors (Lipinski definition) is 2. The Morgan fingerprint density at radius 1 is 1.21 bits per heavy atom. The summed E-state index contributed by atoms with van der Waals surface area (Å²) >= 11 is 2.01. The van der Waals surface area contributed by atoms with Gasteiger partial charge in [-0.2, -0.15) is 0 Å². The minimum atomic E-state index is 0.575. The summed E-state index contributed by atoms with van der Waals surface area (Å²) < 4.78 is 0. The van der Waals surface area contributed by atoms with Crippen molar-refractivity contribution in [2.75, 3.05) is 5.75 Å². The van der Waals surface area contributed by atoms with Crippen LogP contribution in [0.3, 0.4) is 0 Å². The van der Waals surface area contributed by atoms with E-state index in [0.717, 1.165) is 0 Å². The summed E-state index contributed by atoms with van der Waals surface area (Å²) in [5.74, 6) is 1.25. The van der Waals surface area contributed by atoms with Crippen LogP contribution in [0, 0.1) is 0 Å². The first-order valence-corrected chi connectivity index (χ1v) is 8.81. The summed E-state index contributed by atoms with van der Waals surface area (Å²) in [5.41, 5.74) is 1.52. The molecule has 1 N–H and O–H groups in total. The zero-order chi connectivity index (χ0) is 13.5. The predicted octanol–water partition coefficient (Wildman–Crippen LogP) is 5.17.